The number of benzene rings is 3. The van der Waals surface area contributed by atoms with Crippen LogP contribution in [0.2, 0.25) is 0 Å². The number of carbonyl (C=O) groups is 1. The van der Waals surface area contributed by atoms with E-state index in [2.05, 4.69) is 44.3 Å². The van der Waals surface area contributed by atoms with Crippen LogP contribution < -0.4 is 5.32 Å². The van der Waals surface area contributed by atoms with E-state index in [4.69, 9.17) is 5.11 Å². The highest BCUT2D eigenvalue weighted by Gasteiger charge is 2.09. The number of hydrogen-bond donors (Lipinski definition) is 2. The zero-order valence-electron chi connectivity index (χ0n) is 16.1. The van der Waals surface area contributed by atoms with Crippen molar-refractivity contribution in [2.24, 2.45) is 0 Å². The van der Waals surface area contributed by atoms with E-state index in [1.807, 2.05) is 43.3 Å². The second-order valence-corrected chi connectivity index (χ2v) is 6.46. The highest BCUT2D eigenvalue weighted by Crippen LogP contribution is 2.30. The Labute approximate surface area is 166 Å². The SMILES string of the molecule is C#C.C=C(Nc1c(C)cccc1C(=C)C)c1ccc2cc(C(=O)O)ccc2c1. The Morgan fingerprint density at radius 3 is 2.11 bits per heavy atom. The Bertz CT molecular complexity index is 1090. The lowest BCUT2D eigenvalue weighted by molar-refractivity contribution is 0.0697. The van der Waals surface area contributed by atoms with Crippen LogP contribution in [0.3, 0.4) is 0 Å². The minimum atomic E-state index is -0.922. The number of terminal acetylenes is 1. The lowest BCUT2D eigenvalue weighted by Gasteiger charge is -2.17. The summed E-state index contributed by atoms with van der Waals surface area (Å²) in [4.78, 5) is 11.1. The third-order valence-electron chi connectivity index (χ3n) is 4.44. The van der Waals surface area contributed by atoms with Crippen LogP contribution in [0, 0.1) is 19.8 Å². The minimum absolute atomic E-state index is 0.285. The van der Waals surface area contributed by atoms with Gasteiger partial charge in [0.1, 0.15) is 0 Å². The molecule has 2 N–H and O–H groups in total. The first-order valence-corrected chi connectivity index (χ1v) is 8.69. The van der Waals surface area contributed by atoms with E-state index in [1.165, 1.54) is 0 Å². The van der Waals surface area contributed by atoms with E-state index in [-0.39, 0.29) is 5.56 Å². The molecule has 0 saturated carbocycles. The first kappa shape index (κ1) is 20.5. The molecule has 0 aliphatic rings. The number of aromatic carboxylic acids is 1. The lowest BCUT2D eigenvalue weighted by atomic mass is 10.0. The predicted molar refractivity (Wildman–Crippen MR) is 119 cm³/mol. The standard InChI is InChI=1S/C23H21NO2.C2H2/c1-14(2)21-7-5-6-15(3)22(21)24-16(4)17-8-9-19-13-20(23(25)26)11-10-18(19)12-17;1-2/h5-13,24H,1,4H2,2-3H3,(H,25,26);1-2H. The topological polar surface area (TPSA) is 49.3 Å². The molecule has 0 heterocycles. The van der Waals surface area contributed by atoms with Gasteiger partial charge in [-0.25, -0.2) is 4.79 Å². The molecule has 0 saturated heterocycles. The largest absolute Gasteiger partial charge is 0.478 e. The summed E-state index contributed by atoms with van der Waals surface area (Å²) < 4.78 is 0. The van der Waals surface area contributed by atoms with Crippen LogP contribution in [0.4, 0.5) is 5.69 Å². The lowest BCUT2D eigenvalue weighted by Crippen LogP contribution is -2.02. The molecule has 3 heteroatoms. The zero-order chi connectivity index (χ0) is 20.8. The average Bonchev–Trinajstić information content (AvgIpc) is 2.69. The molecule has 0 spiro atoms. The summed E-state index contributed by atoms with van der Waals surface area (Å²) in [5.41, 5.74) is 6.21. The van der Waals surface area contributed by atoms with E-state index in [0.29, 0.717) is 0 Å². The Kier molecular flexibility index (Phi) is 6.42. The maximum atomic E-state index is 11.1. The van der Waals surface area contributed by atoms with Gasteiger partial charge in [-0.15, -0.1) is 12.8 Å². The van der Waals surface area contributed by atoms with Gasteiger partial charge in [0.2, 0.25) is 0 Å². The summed E-state index contributed by atoms with van der Waals surface area (Å²) in [6.07, 6.45) is 8.00. The molecular formula is C25H23NO2. The fourth-order valence-corrected chi connectivity index (χ4v) is 2.98. The first-order valence-electron chi connectivity index (χ1n) is 8.69. The van der Waals surface area contributed by atoms with Crippen molar-refractivity contribution in [3.05, 3.63) is 90.0 Å². The molecule has 0 radical (unpaired) electrons. The monoisotopic (exact) mass is 369 g/mol. The fraction of sp³-hybridized carbons (Fsp3) is 0.0800. The third kappa shape index (κ3) is 4.31. The Morgan fingerprint density at radius 2 is 1.54 bits per heavy atom. The van der Waals surface area contributed by atoms with E-state index < -0.39 is 5.97 Å². The van der Waals surface area contributed by atoms with Crippen molar-refractivity contribution < 1.29 is 9.90 Å². The number of carboxylic acid groups (broad SMARTS) is 1. The van der Waals surface area contributed by atoms with E-state index in [0.717, 1.165) is 44.4 Å². The van der Waals surface area contributed by atoms with Gasteiger partial charge in [0.05, 0.1) is 5.56 Å². The molecule has 0 aliphatic heterocycles. The molecule has 3 aromatic carbocycles. The number of allylic oxidation sites excluding steroid dienone is 1. The number of nitrogens with one attached hydrogen (secondary N) is 1. The summed E-state index contributed by atoms with van der Waals surface area (Å²) in [6.45, 7) is 12.3. The van der Waals surface area contributed by atoms with Crippen LogP contribution in [-0.2, 0) is 0 Å². The van der Waals surface area contributed by atoms with Crippen molar-refractivity contribution in [3.8, 4) is 12.8 Å². The van der Waals surface area contributed by atoms with Gasteiger partial charge in [-0.05, 0) is 59.5 Å². The van der Waals surface area contributed by atoms with Crippen LogP contribution in [0.25, 0.3) is 22.0 Å². The van der Waals surface area contributed by atoms with E-state index >= 15 is 0 Å². The number of para-hydroxylation sites is 1. The van der Waals surface area contributed by atoms with Crippen LogP contribution in [0.1, 0.15) is 34.0 Å². The maximum absolute atomic E-state index is 11.1. The number of hydrogen-bond acceptors (Lipinski definition) is 2. The van der Waals surface area contributed by atoms with E-state index in [1.54, 1.807) is 12.1 Å². The summed E-state index contributed by atoms with van der Waals surface area (Å²) in [5, 5.41) is 14.4. The number of fused-ring (bicyclic) bond motifs is 1. The molecule has 0 atom stereocenters. The summed E-state index contributed by atoms with van der Waals surface area (Å²) in [5.74, 6) is -0.922. The van der Waals surface area contributed by atoms with Crippen molar-refractivity contribution in [2.75, 3.05) is 5.32 Å². The van der Waals surface area contributed by atoms with E-state index in [9.17, 15) is 4.79 Å². The highest BCUT2D eigenvalue weighted by molar-refractivity contribution is 5.96. The Hall–Kier alpha value is -3.77. The molecule has 3 rings (SSSR count). The second-order valence-electron chi connectivity index (χ2n) is 6.46. The van der Waals surface area contributed by atoms with Crippen LogP contribution >= 0.6 is 0 Å². The third-order valence-corrected chi connectivity index (χ3v) is 4.44. The summed E-state index contributed by atoms with van der Waals surface area (Å²) in [6, 6.07) is 17.1. The maximum Gasteiger partial charge on any atom is 0.335 e. The molecule has 28 heavy (non-hydrogen) atoms. The molecule has 0 bridgehead atoms. The normalized spacial score (nSPS) is 9.86. The molecule has 0 unspecified atom stereocenters. The molecule has 0 fully saturated rings. The minimum Gasteiger partial charge on any atom is -0.478 e. The van der Waals surface area contributed by atoms with Gasteiger partial charge in [-0.2, -0.15) is 0 Å². The van der Waals surface area contributed by atoms with Crippen molar-refractivity contribution in [1.29, 1.82) is 0 Å². The molecule has 0 aliphatic carbocycles. The number of aryl methyl sites for hydroxylation is 1. The van der Waals surface area contributed by atoms with Gasteiger partial charge >= 0.3 is 5.97 Å². The molecule has 0 aromatic heterocycles. The predicted octanol–water partition coefficient (Wildman–Crippen LogP) is 6.21. The second kappa shape index (κ2) is 8.75. The van der Waals surface area contributed by atoms with Crippen molar-refractivity contribution in [2.45, 2.75) is 13.8 Å². The van der Waals surface area contributed by atoms with Gasteiger partial charge < -0.3 is 10.4 Å². The van der Waals surface area contributed by atoms with Gasteiger partial charge in [-0.3, -0.25) is 0 Å². The number of carboxylic acids is 1. The first-order chi connectivity index (χ1) is 13.4. The molecule has 3 aromatic rings. The van der Waals surface area contributed by atoms with Gasteiger partial charge in [-0.1, -0.05) is 49.6 Å². The van der Waals surface area contributed by atoms with Crippen LogP contribution in [0.15, 0.2) is 67.8 Å². The summed E-state index contributed by atoms with van der Waals surface area (Å²) >= 11 is 0. The molecule has 3 nitrogen and oxygen atoms in total. The van der Waals surface area contributed by atoms with Crippen molar-refractivity contribution >= 4 is 33.7 Å². The zero-order valence-corrected chi connectivity index (χ0v) is 16.1. The van der Waals surface area contributed by atoms with Gasteiger partial charge in [0.15, 0.2) is 0 Å². The van der Waals surface area contributed by atoms with Gasteiger partial charge in [0.25, 0.3) is 0 Å². The fourth-order valence-electron chi connectivity index (χ4n) is 2.98. The summed E-state index contributed by atoms with van der Waals surface area (Å²) in [7, 11) is 0. The average molecular weight is 369 g/mol. The molecule has 140 valence electrons. The molecule has 0 amide bonds. The number of anilines is 1. The van der Waals surface area contributed by atoms with Crippen molar-refractivity contribution in [3.63, 3.8) is 0 Å². The van der Waals surface area contributed by atoms with Crippen molar-refractivity contribution in [1.82, 2.24) is 0 Å². The quantitative estimate of drug-likeness (QED) is 0.526. The Balaban J connectivity index is 0.00000136. The molecular weight excluding hydrogens is 346 g/mol. The van der Waals surface area contributed by atoms with Crippen LogP contribution in [-0.4, -0.2) is 11.1 Å². The number of rotatable bonds is 5. The van der Waals surface area contributed by atoms with Crippen LogP contribution in [0.5, 0.6) is 0 Å². The Morgan fingerprint density at radius 1 is 0.964 bits per heavy atom. The highest BCUT2D eigenvalue weighted by atomic mass is 16.4. The van der Waals surface area contributed by atoms with Gasteiger partial charge in [0, 0.05) is 16.9 Å². The smallest absolute Gasteiger partial charge is 0.335 e.